The maximum absolute atomic E-state index is 4.37. The zero-order chi connectivity index (χ0) is 29.1. The number of hydrogen-bond acceptors (Lipinski definition) is 5. The Morgan fingerprint density at radius 3 is 1.34 bits per heavy atom. The first-order valence-corrected chi connectivity index (χ1v) is 13.7. The third-order valence-corrected chi connectivity index (χ3v) is 6.56. The Labute approximate surface area is 269 Å². The van der Waals surface area contributed by atoms with Crippen LogP contribution in [0.3, 0.4) is 0 Å². The van der Waals surface area contributed by atoms with Crippen LogP contribution in [0.2, 0.25) is 0 Å². The Hall–Kier alpha value is -5.36. The van der Waals surface area contributed by atoms with Gasteiger partial charge in [0.2, 0.25) is 0 Å². The SMILES string of the molecule is [Ir+3].[c-]1ccc2ccccc2c1-c1ccccn1.[c-]1ccc2ccccc2c1-c1ccccn1.c1ccc(-c2ncn[n-]2)nc1. The predicted molar refractivity (Wildman–Crippen MR) is 171 cm³/mol. The molecule has 0 saturated heterocycles. The molecule has 4 heterocycles. The van der Waals surface area contributed by atoms with Crippen molar-refractivity contribution in [3.63, 3.8) is 0 Å². The molecule has 44 heavy (non-hydrogen) atoms. The molecule has 0 bridgehead atoms. The van der Waals surface area contributed by atoms with Crippen LogP contribution in [0.5, 0.6) is 0 Å². The monoisotopic (exact) mass is 746 g/mol. The van der Waals surface area contributed by atoms with Gasteiger partial charge in [-0.1, -0.05) is 89.6 Å². The molecule has 4 aromatic carbocycles. The molecule has 0 aliphatic heterocycles. The molecule has 7 heteroatoms. The van der Waals surface area contributed by atoms with E-state index in [1.165, 1.54) is 27.9 Å². The summed E-state index contributed by atoms with van der Waals surface area (Å²) in [5.74, 6) is 0.575. The van der Waals surface area contributed by atoms with Crippen LogP contribution >= 0.6 is 0 Å². The van der Waals surface area contributed by atoms with E-state index in [0.717, 1.165) is 28.2 Å². The topological polar surface area (TPSA) is 78.5 Å². The minimum atomic E-state index is 0. The van der Waals surface area contributed by atoms with E-state index in [1.54, 1.807) is 6.20 Å². The van der Waals surface area contributed by atoms with Crippen molar-refractivity contribution in [2.75, 3.05) is 0 Å². The molecular weight excluding hydrogens is 721 g/mol. The Morgan fingerprint density at radius 2 is 0.909 bits per heavy atom. The van der Waals surface area contributed by atoms with Crippen LogP contribution in [0.4, 0.5) is 0 Å². The number of pyridine rings is 3. The van der Waals surface area contributed by atoms with Crippen LogP contribution in [0, 0.1) is 12.1 Å². The van der Waals surface area contributed by atoms with E-state index in [9.17, 15) is 0 Å². The number of nitrogens with zero attached hydrogens (tertiary/aromatic N) is 6. The summed E-state index contributed by atoms with van der Waals surface area (Å²) in [5, 5.41) is 12.2. The van der Waals surface area contributed by atoms with Crippen molar-refractivity contribution in [3.8, 4) is 34.0 Å². The first-order chi connectivity index (χ1) is 21.4. The zero-order valence-electron chi connectivity index (χ0n) is 23.5. The van der Waals surface area contributed by atoms with E-state index in [-0.39, 0.29) is 20.1 Å². The van der Waals surface area contributed by atoms with Crippen molar-refractivity contribution in [1.82, 2.24) is 30.1 Å². The van der Waals surface area contributed by atoms with E-state index < -0.39 is 0 Å². The summed E-state index contributed by atoms with van der Waals surface area (Å²) in [6.07, 6.45) is 6.73. The molecule has 0 N–H and O–H groups in total. The minimum absolute atomic E-state index is 0. The summed E-state index contributed by atoms with van der Waals surface area (Å²) in [4.78, 5) is 16.7. The zero-order valence-corrected chi connectivity index (χ0v) is 25.8. The standard InChI is InChI=1S/2C15H10N.C7H5N4.Ir/c2*1-2-8-13-12(6-1)7-5-9-14(13)15-10-3-4-11-16-15;1-2-4-8-6(3-1)7-9-5-10-11-7;/h2*1-8,10-11H;1-5H;/q3*-1;+3. The normalized spacial score (nSPS) is 10.1. The number of hydrogen-bond donors (Lipinski definition) is 0. The molecule has 0 aliphatic carbocycles. The molecule has 0 radical (unpaired) electrons. The van der Waals surface area contributed by atoms with Gasteiger partial charge >= 0.3 is 20.1 Å². The molecule has 212 valence electrons. The van der Waals surface area contributed by atoms with Crippen molar-refractivity contribution in [2.24, 2.45) is 0 Å². The van der Waals surface area contributed by atoms with Gasteiger partial charge in [0, 0.05) is 24.9 Å². The fraction of sp³-hybridized carbons (Fsp3) is 0. The number of aromatic nitrogens is 6. The largest absolute Gasteiger partial charge is 3.00 e. The Bertz CT molecular complexity index is 1890. The second kappa shape index (κ2) is 15.2. The average molecular weight is 746 g/mol. The Balaban J connectivity index is 0.000000132. The van der Waals surface area contributed by atoms with Gasteiger partial charge in [-0.3, -0.25) is 10.1 Å². The van der Waals surface area contributed by atoms with Crippen LogP contribution in [0.25, 0.3) is 55.6 Å². The van der Waals surface area contributed by atoms with E-state index in [2.05, 4.69) is 78.7 Å². The van der Waals surface area contributed by atoms with Gasteiger partial charge in [0.1, 0.15) is 0 Å². The predicted octanol–water partition coefficient (Wildman–Crippen LogP) is 7.90. The van der Waals surface area contributed by atoms with Gasteiger partial charge in [0.25, 0.3) is 0 Å². The van der Waals surface area contributed by atoms with Crippen LogP contribution in [-0.2, 0) is 20.1 Å². The van der Waals surface area contributed by atoms with Crippen molar-refractivity contribution in [2.45, 2.75) is 0 Å². The van der Waals surface area contributed by atoms with E-state index in [1.807, 2.05) is 103 Å². The average Bonchev–Trinajstić information content (AvgIpc) is 3.65. The molecule has 8 aromatic rings. The van der Waals surface area contributed by atoms with E-state index in [4.69, 9.17) is 0 Å². The van der Waals surface area contributed by atoms with Gasteiger partial charge in [-0.05, 0) is 41.5 Å². The van der Waals surface area contributed by atoms with Crippen molar-refractivity contribution in [3.05, 3.63) is 164 Å². The second-order valence-corrected chi connectivity index (χ2v) is 9.31. The van der Waals surface area contributed by atoms with Gasteiger partial charge < -0.3 is 20.1 Å². The van der Waals surface area contributed by atoms with Gasteiger partial charge in [0.05, 0.1) is 5.69 Å². The maximum Gasteiger partial charge on any atom is 3.00 e. The van der Waals surface area contributed by atoms with Crippen LogP contribution in [0.15, 0.2) is 152 Å². The maximum atomic E-state index is 4.37. The molecule has 0 atom stereocenters. The molecule has 0 fully saturated rings. The number of benzene rings is 4. The summed E-state index contributed by atoms with van der Waals surface area (Å²) < 4.78 is 0. The fourth-order valence-electron chi connectivity index (χ4n) is 4.57. The first-order valence-electron chi connectivity index (χ1n) is 13.7. The first kappa shape index (κ1) is 30.1. The molecule has 6 nitrogen and oxygen atoms in total. The van der Waals surface area contributed by atoms with Gasteiger partial charge in [-0.15, -0.1) is 58.3 Å². The Morgan fingerprint density at radius 1 is 0.455 bits per heavy atom. The molecule has 0 aliphatic rings. The smallest absolute Gasteiger partial charge is 0.424 e. The minimum Gasteiger partial charge on any atom is -0.424 e. The van der Waals surface area contributed by atoms with Gasteiger partial charge in [-0.2, -0.15) is 0 Å². The van der Waals surface area contributed by atoms with E-state index >= 15 is 0 Å². The number of fused-ring (bicyclic) bond motifs is 2. The summed E-state index contributed by atoms with van der Waals surface area (Å²) in [5.41, 5.74) is 4.83. The fourth-order valence-corrected chi connectivity index (χ4v) is 4.57. The molecule has 0 spiro atoms. The van der Waals surface area contributed by atoms with E-state index in [0.29, 0.717) is 5.82 Å². The van der Waals surface area contributed by atoms with Crippen molar-refractivity contribution >= 4 is 21.5 Å². The van der Waals surface area contributed by atoms with Crippen molar-refractivity contribution in [1.29, 1.82) is 0 Å². The molecule has 8 rings (SSSR count). The number of rotatable bonds is 3. The summed E-state index contributed by atoms with van der Waals surface area (Å²) in [6, 6.07) is 48.6. The third-order valence-electron chi connectivity index (χ3n) is 6.56. The molecule has 0 amide bonds. The van der Waals surface area contributed by atoms with Gasteiger partial charge in [0.15, 0.2) is 0 Å². The summed E-state index contributed by atoms with van der Waals surface area (Å²) in [6.45, 7) is 0. The van der Waals surface area contributed by atoms with Crippen LogP contribution < -0.4 is 5.10 Å². The van der Waals surface area contributed by atoms with Crippen molar-refractivity contribution < 1.29 is 20.1 Å². The molecule has 0 unspecified atom stereocenters. The molecule has 4 aromatic heterocycles. The van der Waals surface area contributed by atoms with Crippen LogP contribution in [-0.4, -0.2) is 25.0 Å². The molecular formula is C37H25IrN6. The summed E-state index contributed by atoms with van der Waals surface area (Å²) in [7, 11) is 0. The summed E-state index contributed by atoms with van der Waals surface area (Å²) >= 11 is 0. The molecule has 0 saturated carbocycles. The Kier molecular flexibility index (Phi) is 10.4. The van der Waals surface area contributed by atoms with Crippen LogP contribution in [0.1, 0.15) is 0 Å². The quantitative estimate of drug-likeness (QED) is 0.171. The second-order valence-electron chi connectivity index (χ2n) is 9.31. The third kappa shape index (κ3) is 7.34. The van der Waals surface area contributed by atoms with Gasteiger partial charge in [-0.25, -0.2) is 0 Å².